The number of hydrogen-bond donors (Lipinski definition) is 1. The average Bonchev–Trinajstić information content (AvgIpc) is 2.18. The Kier molecular flexibility index (Phi) is 6.55. The van der Waals surface area contributed by atoms with Crippen LogP contribution in [0.2, 0.25) is 0 Å². The maximum absolute atomic E-state index is 8.52. The fraction of sp³-hybridized carbons (Fsp3) is 0.417. The summed E-state index contributed by atoms with van der Waals surface area (Å²) >= 11 is 0. The molecule has 0 saturated heterocycles. The van der Waals surface area contributed by atoms with Crippen LogP contribution in [0.1, 0.15) is 31.9 Å². The van der Waals surface area contributed by atoms with Gasteiger partial charge in [-0.2, -0.15) is 5.26 Å². The van der Waals surface area contributed by atoms with Gasteiger partial charge in [-0.3, -0.25) is 0 Å². The van der Waals surface area contributed by atoms with E-state index in [2.05, 4.69) is 6.07 Å². The Bertz CT molecular complexity index is 343. The number of hydrogen-bond acceptors (Lipinski definition) is 3. The number of halogens is 1. The molecule has 0 spiro atoms. The first-order chi connectivity index (χ1) is 7.13. The van der Waals surface area contributed by atoms with Gasteiger partial charge in [-0.15, -0.1) is 12.4 Å². The molecule has 0 amide bonds. The van der Waals surface area contributed by atoms with Crippen molar-refractivity contribution in [2.75, 3.05) is 0 Å². The maximum Gasteiger partial charge on any atom is 0.119 e. The van der Waals surface area contributed by atoms with E-state index in [0.29, 0.717) is 6.42 Å². The molecule has 4 heteroatoms. The second-order valence-corrected chi connectivity index (χ2v) is 3.70. The van der Waals surface area contributed by atoms with Crippen LogP contribution in [0.15, 0.2) is 24.3 Å². The smallest absolute Gasteiger partial charge is 0.119 e. The van der Waals surface area contributed by atoms with Gasteiger partial charge in [0, 0.05) is 6.04 Å². The minimum absolute atomic E-state index is 0. The van der Waals surface area contributed by atoms with Crippen molar-refractivity contribution in [3.05, 3.63) is 29.8 Å². The van der Waals surface area contributed by atoms with E-state index in [1.54, 1.807) is 0 Å². The van der Waals surface area contributed by atoms with Gasteiger partial charge in [-0.05, 0) is 31.5 Å². The molecule has 0 aromatic heterocycles. The van der Waals surface area contributed by atoms with Crippen LogP contribution >= 0.6 is 12.4 Å². The summed E-state index contributed by atoms with van der Waals surface area (Å²) in [4.78, 5) is 0. The molecule has 2 N–H and O–H groups in total. The normalized spacial score (nSPS) is 11.4. The number of benzene rings is 1. The summed E-state index contributed by atoms with van der Waals surface area (Å²) in [5.41, 5.74) is 6.76. The molecule has 0 unspecified atom stereocenters. The van der Waals surface area contributed by atoms with Crippen LogP contribution in [0, 0.1) is 11.3 Å². The molecule has 16 heavy (non-hydrogen) atoms. The average molecular weight is 241 g/mol. The van der Waals surface area contributed by atoms with Crippen LogP contribution in [-0.2, 0) is 0 Å². The fourth-order valence-electron chi connectivity index (χ4n) is 1.28. The highest BCUT2D eigenvalue weighted by Crippen LogP contribution is 2.18. The zero-order valence-electron chi connectivity index (χ0n) is 9.51. The van der Waals surface area contributed by atoms with Crippen molar-refractivity contribution in [1.29, 1.82) is 5.26 Å². The van der Waals surface area contributed by atoms with E-state index < -0.39 is 0 Å². The fourth-order valence-corrected chi connectivity index (χ4v) is 1.28. The third kappa shape index (κ3) is 4.52. The Morgan fingerprint density at radius 3 is 2.31 bits per heavy atom. The number of nitrogens with zero attached hydrogens (tertiary/aromatic N) is 1. The predicted octanol–water partition coefficient (Wildman–Crippen LogP) is 2.81. The van der Waals surface area contributed by atoms with Gasteiger partial charge in [0.1, 0.15) is 5.75 Å². The highest BCUT2D eigenvalue weighted by molar-refractivity contribution is 5.85. The molecule has 0 aliphatic rings. The van der Waals surface area contributed by atoms with Gasteiger partial charge >= 0.3 is 0 Å². The van der Waals surface area contributed by atoms with Crippen molar-refractivity contribution in [3.8, 4) is 11.8 Å². The zero-order valence-corrected chi connectivity index (χ0v) is 10.3. The first-order valence-corrected chi connectivity index (χ1v) is 5.02. The van der Waals surface area contributed by atoms with Gasteiger partial charge in [-0.25, -0.2) is 0 Å². The molecule has 0 aliphatic heterocycles. The monoisotopic (exact) mass is 240 g/mol. The summed E-state index contributed by atoms with van der Waals surface area (Å²) in [5.74, 6) is 0.831. The first-order valence-electron chi connectivity index (χ1n) is 5.02. The third-order valence-electron chi connectivity index (χ3n) is 1.99. The molecule has 0 heterocycles. The van der Waals surface area contributed by atoms with Crippen molar-refractivity contribution in [1.82, 2.24) is 0 Å². The Balaban J connectivity index is 0.00000225. The van der Waals surface area contributed by atoms with Gasteiger partial charge in [0.25, 0.3) is 0 Å². The van der Waals surface area contributed by atoms with E-state index in [0.717, 1.165) is 11.3 Å². The van der Waals surface area contributed by atoms with Crippen molar-refractivity contribution in [3.63, 3.8) is 0 Å². The summed E-state index contributed by atoms with van der Waals surface area (Å²) in [5, 5.41) is 8.52. The highest BCUT2D eigenvalue weighted by Gasteiger charge is 2.05. The van der Waals surface area contributed by atoms with Gasteiger partial charge in [0.2, 0.25) is 0 Å². The number of nitrogens with two attached hydrogens (primary N) is 1. The largest absolute Gasteiger partial charge is 0.491 e. The van der Waals surface area contributed by atoms with Crippen molar-refractivity contribution < 1.29 is 4.74 Å². The molecule has 3 nitrogen and oxygen atoms in total. The van der Waals surface area contributed by atoms with Crippen LogP contribution in [0.5, 0.6) is 5.75 Å². The van der Waals surface area contributed by atoms with Crippen molar-refractivity contribution in [2.45, 2.75) is 32.4 Å². The molecule has 1 atom stereocenters. The molecular formula is C12H17ClN2O. The molecule has 1 aromatic rings. The minimum Gasteiger partial charge on any atom is -0.491 e. The molecular weight excluding hydrogens is 224 g/mol. The molecule has 0 aliphatic carbocycles. The topological polar surface area (TPSA) is 59.0 Å². The van der Waals surface area contributed by atoms with E-state index in [4.69, 9.17) is 15.7 Å². The highest BCUT2D eigenvalue weighted by atomic mass is 35.5. The van der Waals surface area contributed by atoms with Crippen LogP contribution in [0.4, 0.5) is 0 Å². The van der Waals surface area contributed by atoms with Crippen molar-refractivity contribution in [2.24, 2.45) is 5.73 Å². The standard InChI is InChI=1S/C12H16N2O.ClH/c1-9(2)15-11-5-3-10(4-6-11)12(14)7-8-13;/h3-6,9,12H,7,14H2,1-2H3;1H/t12-;/m0./s1. The summed E-state index contributed by atoms with van der Waals surface area (Å²) in [6.45, 7) is 3.96. The molecule has 0 bridgehead atoms. The Morgan fingerprint density at radius 1 is 1.31 bits per heavy atom. The zero-order chi connectivity index (χ0) is 11.3. The summed E-state index contributed by atoms with van der Waals surface area (Å²) in [7, 11) is 0. The second-order valence-electron chi connectivity index (χ2n) is 3.70. The van der Waals surface area contributed by atoms with E-state index >= 15 is 0 Å². The molecule has 1 aromatic carbocycles. The quantitative estimate of drug-likeness (QED) is 0.881. The lowest BCUT2D eigenvalue weighted by molar-refractivity contribution is 0.242. The Morgan fingerprint density at radius 2 is 1.88 bits per heavy atom. The van der Waals surface area contributed by atoms with Gasteiger partial charge < -0.3 is 10.5 Å². The van der Waals surface area contributed by atoms with Gasteiger partial charge in [0.15, 0.2) is 0 Å². The lowest BCUT2D eigenvalue weighted by Crippen LogP contribution is -2.09. The SMILES string of the molecule is CC(C)Oc1ccc([C@@H](N)CC#N)cc1.Cl. The van der Waals surface area contributed by atoms with Crippen LogP contribution < -0.4 is 10.5 Å². The summed E-state index contributed by atoms with van der Waals surface area (Å²) < 4.78 is 5.50. The number of ether oxygens (including phenoxy) is 1. The molecule has 0 fully saturated rings. The minimum atomic E-state index is -0.205. The lowest BCUT2D eigenvalue weighted by atomic mass is 10.1. The van der Waals surface area contributed by atoms with E-state index in [-0.39, 0.29) is 24.6 Å². The Hall–Kier alpha value is -1.24. The number of nitriles is 1. The predicted molar refractivity (Wildman–Crippen MR) is 66.6 cm³/mol. The Labute approximate surface area is 103 Å². The van der Waals surface area contributed by atoms with Crippen LogP contribution in [0.3, 0.4) is 0 Å². The van der Waals surface area contributed by atoms with Gasteiger partial charge in [0.05, 0.1) is 18.6 Å². The molecule has 1 rings (SSSR count). The van der Waals surface area contributed by atoms with Gasteiger partial charge in [-0.1, -0.05) is 12.1 Å². The number of rotatable bonds is 4. The van der Waals surface area contributed by atoms with Crippen LogP contribution in [0.25, 0.3) is 0 Å². The van der Waals surface area contributed by atoms with Crippen LogP contribution in [-0.4, -0.2) is 6.10 Å². The molecule has 88 valence electrons. The molecule has 0 saturated carbocycles. The van der Waals surface area contributed by atoms with E-state index in [1.165, 1.54) is 0 Å². The van der Waals surface area contributed by atoms with E-state index in [1.807, 2.05) is 38.1 Å². The lowest BCUT2D eigenvalue weighted by Gasteiger charge is -2.11. The molecule has 0 radical (unpaired) electrons. The summed E-state index contributed by atoms with van der Waals surface area (Å²) in [6, 6.07) is 9.42. The van der Waals surface area contributed by atoms with E-state index in [9.17, 15) is 0 Å². The second kappa shape index (κ2) is 7.10. The maximum atomic E-state index is 8.52. The van der Waals surface area contributed by atoms with Crippen molar-refractivity contribution >= 4 is 12.4 Å². The summed E-state index contributed by atoms with van der Waals surface area (Å²) in [6.07, 6.45) is 0.508. The third-order valence-corrected chi connectivity index (χ3v) is 1.99. The first kappa shape index (κ1) is 14.8.